The van der Waals surface area contributed by atoms with Crippen LogP contribution < -0.4 is 0 Å². The minimum atomic E-state index is -0.418. The van der Waals surface area contributed by atoms with Crippen molar-refractivity contribution in [1.82, 2.24) is 4.90 Å². The number of hydrogen-bond donors (Lipinski definition) is 0. The highest BCUT2D eigenvalue weighted by molar-refractivity contribution is 6.36. The molecule has 84 valence electrons. The molecule has 4 nitrogen and oxygen atoms in total. The van der Waals surface area contributed by atoms with Crippen LogP contribution in [-0.4, -0.2) is 35.5 Å². The second-order valence-corrected chi connectivity index (χ2v) is 3.81. The van der Waals surface area contributed by atoms with Crippen LogP contribution in [0.25, 0.3) is 0 Å². The lowest BCUT2D eigenvalue weighted by Crippen LogP contribution is -2.34. The molecule has 15 heavy (non-hydrogen) atoms. The Morgan fingerprint density at radius 2 is 1.67 bits per heavy atom. The smallest absolute Gasteiger partial charge is 0.289 e. The lowest BCUT2D eigenvalue weighted by molar-refractivity contribution is -0.144. The molecular weight excluding hydrogens is 194 g/mol. The highest BCUT2D eigenvalue weighted by atomic mass is 16.2. The topological polar surface area (TPSA) is 54.5 Å². The van der Waals surface area contributed by atoms with Gasteiger partial charge in [0, 0.05) is 32.4 Å². The number of nitrogens with zero attached hydrogens (tertiary/aromatic N) is 1. The van der Waals surface area contributed by atoms with Gasteiger partial charge in [-0.3, -0.25) is 14.4 Å². The van der Waals surface area contributed by atoms with Gasteiger partial charge in [0.05, 0.1) is 0 Å². The van der Waals surface area contributed by atoms with Crippen LogP contribution in [0.1, 0.15) is 39.0 Å². The second-order valence-electron chi connectivity index (χ2n) is 3.81. The molecule has 0 saturated carbocycles. The van der Waals surface area contributed by atoms with Crippen LogP contribution in [0.15, 0.2) is 0 Å². The van der Waals surface area contributed by atoms with E-state index < -0.39 is 11.7 Å². The molecule has 1 aliphatic rings. The third kappa shape index (κ3) is 3.46. The largest absolute Gasteiger partial charge is 0.336 e. The average molecular weight is 211 g/mol. The summed E-state index contributed by atoms with van der Waals surface area (Å²) >= 11 is 0. The molecule has 1 saturated heterocycles. The van der Waals surface area contributed by atoms with Crippen molar-refractivity contribution < 1.29 is 14.4 Å². The van der Waals surface area contributed by atoms with E-state index in [1.54, 1.807) is 11.8 Å². The highest BCUT2D eigenvalue weighted by Gasteiger charge is 2.24. The van der Waals surface area contributed by atoms with Crippen molar-refractivity contribution >= 4 is 17.5 Å². The summed E-state index contributed by atoms with van der Waals surface area (Å²) in [5.74, 6) is -0.785. The average Bonchev–Trinajstić information content (AvgIpc) is 2.77. The third-order valence-electron chi connectivity index (χ3n) is 2.66. The zero-order valence-corrected chi connectivity index (χ0v) is 9.12. The first-order chi connectivity index (χ1) is 7.15. The Labute approximate surface area is 89.6 Å². The Balaban J connectivity index is 2.32. The molecule has 0 aromatic heterocycles. The molecule has 1 amide bonds. The van der Waals surface area contributed by atoms with Crippen LogP contribution in [0, 0.1) is 0 Å². The van der Waals surface area contributed by atoms with Gasteiger partial charge in [0.25, 0.3) is 5.91 Å². The SMILES string of the molecule is CCC(=O)CCC(=O)C(=O)N1CCCC1. The van der Waals surface area contributed by atoms with Gasteiger partial charge in [0.15, 0.2) is 0 Å². The van der Waals surface area contributed by atoms with Gasteiger partial charge in [0.1, 0.15) is 5.78 Å². The van der Waals surface area contributed by atoms with Crippen LogP contribution in [0.3, 0.4) is 0 Å². The molecule has 0 bridgehead atoms. The van der Waals surface area contributed by atoms with E-state index in [4.69, 9.17) is 0 Å². The molecule has 0 unspecified atom stereocenters. The Morgan fingerprint density at radius 3 is 2.20 bits per heavy atom. The normalized spacial score (nSPS) is 15.4. The molecule has 0 aliphatic carbocycles. The van der Waals surface area contributed by atoms with E-state index >= 15 is 0 Å². The number of rotatable bonds is 5. The van der Waals surface area contributed by atoms with Crippen molar-refractivity contribution in [3.63, 3.8) is 0 Å². The minimum absolute atomic E-state index is 0.0394. The van der Waals surface area contributed by atoms with Crippen molar-refractivity contribution in [1.29, 1.82) is 0 Å². The molecule has 0 atom stereocenters. The fraction of sp³-hybridized carbons (Fsp3) is 0.727. The maximum atomic E-state index is 11.5. The number of ketones is 2. The lowest BCUT2D eigenvalue weighted by atomic mass is 10.1. The summed E-state index contributed by atoms with van der Waals surface area (Å²) in [7, 11) is 0. The fourth-order valence-electron chi connectivity index (χ4n) is 1.63. The quantitative estimate of drug-likeness (QED) is 0.636. The maximum absolute atomic E-state index is 11.5. The summed E-state index contributed by atoms with van der Waals surface area (Å²) in [6.07, 6.45) is 2.67. The molecule has 0 radical (unpaired) electrons. The number of carbonyl (C=O) groups is 3. The summed E-state index contributed by atoms with van der Waals surface area (Å²) in [5, 5.41) is 0. The van der Waals surface area contributed by atoms with E-state index in [2.05, 4.69) is 0 Å². The van der Waals surface area contributed by atoms with Gasteiger partial charge in [-0.25, -0.2) is 0 Å². The van der Waals surface area contributed by atoms with Gasteiger partial charge in [-0.05, 0) is 12.8 Å². The maximum Gasteiger partial charge on any atom is 0.289 e. The Bertz CT molecular complexity index is 267. The summed E-state index contributed by atoms with van der Waals surface area (Å²) in [5.41, 5.74) is 0. The summed E-state index contributed by atoms with van der Waals surface area (Å²) < 4.78 is 0. The summed E-state index contributed by atoms with van der Waals surface area (Å²) in [6, 6.07) is 0. The molecule has 0 spiro atoms. The van der Waals surface area contributed by atoms with Crippen molar-refractivity contribution in [2.75, 3.05) is 13.1 Å². The Morgan fingerprint density at radius 1 is 1.07 bits per heavy atom. The van der Waals surface area contributed by atoms with Crippen molar-refractivity contribution in [2.45, 2.75) is 39.0 Å². The van der Waals surface area contributed by atoms with Gasteiger partial charge in [-0.15, -0.1) is 0 Å². The lowest BCUT2D eigenvalue weighted by Gasteiger charge is -2.13. The van der Waals surface area contributed by atoms with Gasteiger partial charge in [-0.2, -0.15) is 0 Å². The number of amides is 1. The zero-order chi connectivity index (χ0) is 11.3. The monoisotopic (exact) mass is 211 g/mol. The van der Waals surface area contributed by atoms with Gasteiger partial charge in [-0.1, -0.05) is 6.92 Å². The van der Waals surface area contributed by atoms with E-state index in [1.807, 2.05) is 0 Å². The first-order valence-electron chi connectivity index (χ1n) is 5.49. The molecule has 1 heterocycles. The van der Waals surface area contributed by atoms with E-state index in [9.17, 15) is 14.4 Å². The second kappa shape index (κ2) is 5.63. The van der Waals surface area contributed by atoms with Gasteiger partial charge < -0.3 is 4.90 Å². The van der Waals surface area contributed by atoms with E-state index in [-0.39, 0.29) is 18.6 Å². The molecule has 0 N–H and O–H groups in total. The van der Waals surface area contributed by atoms with Crippen LogP contribution in [0.2, 0.25) is 0 Å². The number of likely N-dealkylation sites (tertiary alicyclic amines) is 1. The number of Topliss-reactive ketones (excluding diaryl/α,β-unsaturated/α-hetero) is 2. The zero-order valence-electron chi connectivity index (χ0n) is 9.12. The summed E-state index contributed by atoms with van der Waals surface area (Å²) in [4.78, 5) is 35.5. The molecule has 1 fully saturated rings. The summed E-state index contributed by atoms with van der Waals surface area (Å²) in [6.45, 7) is 3.13. The number of carbonyl (C=O) groups excluding carboxylic acids is 3. The van der Waals surface area contributed by atoms with Crippen LogP contribution in [0.5, 0.6) is 0 Å². The predicted octanol–water partition coefficient (Wildman–Crippen LogP) is 0.937. The van der Waals surface area contributed by atoms with E-state index in [1.165, 1.54) is 0 Å². The van der Waals surface area contributed by atoms with Crippen molar-refractivity contribution in [2.24, 2.45) is 0 Å². The van der Waals surface area contributed by atoms with Crippen molar-refractivity contribution in [3.05, 3.63) is 0 Å². The molecule has 4 heteroatoms. The first kappa shape index (κ1) is 11.9. The molecule has 1 rings (SSSR count). The standard InChI is InChI=1S/C11H17NO3/c1-2-9(13)5-6-10(14)11(15)12-7-3-4-8-12/h2-8H2,1H3. The van der Waals surface area contributed by atoms with Gasteiger partial charge in [0.2, 0.25) is 5.78 Å². The van der Waals surface area contributed by atoms with Crippen LogP contribution in [-0.2, 0) is 14.4 Å². The third-order valence-corrected chi connectivity index (χ3v) is 2.66. The van der Waals surface area contributed by atoms with Crippen LogP contribution >= 0.6 is 0 Å². The Kier molecular flexibility index (Phi) is 4.46. The number of hydrogen-bond acceptors (Lipinski definition) is 3. The van der Waals surface area contributed by atoms with E-state index in [0.717, 1.165) is 12.8 Å². The highest BCUT2D eigenvalue weighted by Crippen LogP contribution is 2.09. The molecule has 0 aromatic carbocycles. The van der Waals surface area contributed by atoms with Crippen molar-refractivity contribution in [3.8, 4) is 0 Å². The predicted molar refractivity (Wildman–Crippen MR) is 55.4 cm³/mol. The Hall–Kier alpha value is -1.19. The molecular formula is C11H17NO3. The fourth-order valence-corrected chi connectivity index (χ4v) is 1.63. The molecule has 1 aliphatic heterocycles. The minimum Gasteiger partial charge on any atom is -0.336 e. The van der Waals surface area contributed by atoms with E-state index in [0.29, 0.717) is 19.5 Å². The first-order valence-corrected chi connectivity index (χ1v) is 5.49. The van der Waals surface area contributed by atoms with Crippen LogP contribution in [0.4, 0.5) is 0 Å². The van der Waals surface area contributed by atoms with Gasteiger partial charge >= 0.3 is 0 Å². The molecule has 0 aromatic rings.